The highest BCUT2D eigenvalue weighted by molar-refractivity contribution is 7.81. The summed E-state index contributed by atoms with van der Waals surface area (Å²) in [5, 5.41) is 14.8. The number of alkyl halides is 3. The predicted octanol–water partition coefficient (Wildman–Crippen LogP) is 8.19. The molecular weight excluding hydrogens is 965 g/mol. The van der Waals surface area contributed by atoms with E-state index in [0.29, 0.717) is 81.3 Å². The van der Waals surface area contributed by atoms with E-state index < -0.39 is 63.7 Å². The summed E-state index contributed by atoms with van der Waals surface area (Å²) in [7, 11) is 0. The smallest absolute Gasteiger partial charge is 0.420 e. The minimum Gasteiger partial charge on any atom is -0.478 e. The summed E-state index contributed by atoms with van der Waals surface area (Å²) in [5.74, 6) is -3.26. The van der Waals surface area contributed by atoms with Crippen molar-refractivity contribution < 1.29 is 51.0 Å². The Morgan fingerprint density at radius 3 is 2.28 bits per heavy atom. The van der Waals surface area contributed by atoms with Gasteiger partial charge in [-0.05, 0) is 107 Å². The van der Waals surface area contributed by atoms with Gasteiger partial charge in [-0.15, -0.1) is 11.3 Å². The van der Waals surface area contributed by atoms with E-state index in [2.05, 4.69) is 20.6 Å². The SMILES string of the molecule is Cc1nc(OCCCCOCCCOCC(=O)N[C@H](C(=O)N2CCC[C@H]2C(=O)NCc2ccc(-c3scnc3C)cc2)C(C)(C)C)ccc1N1C(=S)N(c2ccc(C#N)c(C(F)(F)F)c2F)C(=O)C1(C)C. The van der Waals surface area contributed by atoms with E-state index in [1.807, 2.05) is 57.5 Å². The first-order chi connectivity index (χ1) is 33.6. The molecule has 0 unspecified atom stereocenters. The Hall–Kier alpha value is -6.08. The zero-order chi connectivity index (χ0) is 51.8. The highest BCUT2D eigenvalue weighted by atomic mass is 32.1. The molecular formula is C50H58F4N8O7S2. The summed E-state index contributed by atoms with van der Waals surface area (Å²) in [5.41, 5.74) is 0.0261. The first kappa shape index (κ1) is 54.3. The Balaban J connectivity index is 0.877. The summed E-state index contributed by atoms with van der Waals surface area (Å²) in [4.78, 5) is 67.5. The number of thiocarbonyl (C=S) groups is 1. The van der Waals surface area contributed by atoms with E-state index in [0.717, 1.165) is 33.8 Å². The fourth-order valence-corrected chi connectivity index (χ4v) is 9.68. The molecule has 2 atom stereocenters. The molecule has 4 aromatic rings. The molecule has 2 fully saturated rings. The van der Waals surface area contributed by atoms with Crippen molar-refractivity contribution in [3.05, 3.63) is 87.9 Å². The summed E-state index contributed by atoms with van der Waals surface area (Å²) < 4.78 is 73.9. The molecule has 2 aliphatic heterocycles. The second kappa shape index (κ2) is 23.0. The van der Waals surface area contributed by atoms with Crippen LogP contribution in [0, 0.1) is 36.4 Å². The molecule has 0 spiro atoms. The number of carbonyl (C=O) groups is 4. The number of aromatic nitrogens is 2. The number of carbonyl (C=O) groups excluding carboxylic acids is 4. The average Bonchev–Trinajstić information content (AvgIpc) is 4.02. The Morgan fingerprint density at radius 2 is 1.63 bits per heavy atom. The Bertz CT molecular complexity index is 2650. The number of thiazole rings is 1. The van der Waals surface area contributed by atoms with Gasteiger partial charge < -0.3 is 34.6 Å². The fraction of sp³-hybridized carbons (Fsp3) is 0.480. The minimum atomic E-state index is -5.20. The van der Waals surface area contributed by atoms with E-state index in [1.165, 1.54) is 24.8 Å². The number of nitriles is 1. The molecule has 0 bridgehead atoms. The van der Waals surface area contributed by atoms with Crippen molar-refractivity contribution in [3.63, 3.8) is 0 Å². The van der Waals surface area contributed by atoms with Crippen molar-refractivity contribution in [2.75, 3.05) is 49.4 Å². The molecule has 21 heteroatoms. The lowest BCUT2D eigenvalue weighted by molar-refractivity contribution is -0.144. The van der Waals surface area contributed by atoms with Gasteiger partial charge in [-0.3, -0.25) is 24.1 Å². The topological polar surface area (TPSA) is 179 Å². The zero-order valence-corrected chi connectivity index (χ0v) is 42.3. The molecule has 4 amide bonds. The monoisotopic (exact) mass is 1020 g/mol. The number of nitrogens with one attached hydrogen (secondary N) is 2. The van der Waals surface area contributed by atoms with Crippen LogP contribution >= 0.6 is 23.6 Å². The number of amides is 4. The minimum absolute atomic E-state index is 0.236. The largest absolute Gasteiger partial charge is 0.478 e. The number of rotatable bonds is 20. The average molecular weight is 1020 g/mol. The number of aryl methyl sites for hydroxylation is 2. The summed E-state index contributed by atoms with van der Waals surface area (Å²) >= 11 is 7.12. The number of pyridine rings is 1. The van der Waals surface area contributed by atoms with Gasteiger partial charge in [0.05, 0.1) is 51.4 Å². The zero-order valence-electron chi connectivity index (χ0n) is 40.7. The molecule has 2 aromatic carbocycles. The van der Waals surface area contributed by atoms with Crippen LogP contribution in [0.25, 0.3) is 10.4 Å². The Morgan fingerprint density at radius 1 is 0.958 bits per heavy atom. The number of ether oxygens (including phenoxy) is 3. The van der Waals surface area contributed by atoms with Crippen LogP contribution in [0.5, 0.6) is 5.88 Å². The number of likely N-dealkylation sites (tertiary alicyclic amines) is 1. The van der Waals surface area contributed by atoms with Gasteiger partial charge in [-0.25, -0.2) is 14.4 Å². The second-order valence-corrected chi connectivity index (χ2v) is 20.0. The highest BCUT2D eigenvalue weighted by Crippen LogP contribution is 2.42. The van der Waals surface area contributed by atoms with Crippen LogP contribution in [0.4, 0.5) is 28.9 Å². The van der Waals surface area contributed by atoms with Crippen LogP contribution in [0.15, 0.2) is 54.0 Å². The molecule has 4 heterocycles. The van der Waals surface area contributed by atoms with Gasteiger partial charge in [-0.2, -0.15) is 18.4 Å². The fourth-order valence-electron chi connectivity index (χ4n) is 8.36. The molecule has 2 aliphatic rings. The second-order valence-electron chi connectivity index (χ2n) is 18.8. The number of halogens is 4. The van der Waals surface area contributed by atoms with Crippen LogP contribution < -0.4 is 25.2 Å². The molecule has 2 saturated heterocycles. The third-order valence-corrected chi connectivity index (χ3v) is 13.5. The Kier molecular flexibility index (Phi) is 17.6. The van der Waals surface area contributed by atoms with Crippen molar-refractivity contribution >= 4 is 63.7 Å². The number of hydrogen-bond acceptors (Lipinski definition) is 12. The maximum absolute atomic E-state index is 15.4. The molecule has 15 nitrogen and oxygen atoms in total. The summed E-state index contributed by atoms with van der Waals surface area (Å²) in [6.07, 6.45) is -2.18. The van der Waals surface area contributed by atoms with Gasteiger partial charge in [0, 0.05) is 39.0 Å². The molecule has 2 aromatic heterocycles. The lowest BCUT2D eigenvalue weighted by atomic mass is 9.85. The standard InChI is InChI=1S/C50H58F4N8O7S2/c1-30-35(62-47(70)61(46(66)49(62,6)7)36-18-17-34(26-55)40(41(36)51)50(52,53)54)19-20-39(58-30)69-25-9-8-22-67-23-11-24-68-28-38(63)59-43(48(3,4)5)45(65)60-21-10-12-37(60)44(64)56-27-32-13-15-33(16-14-32)42-31(2)57-29-71-42/h13-20,29,37,43H,8-12,21-25,27-28H2,1-7H3,(H,56,64)(H,59,63)/t37-,43+/m0/s1. The molecule has 0 aliphatic carbocycles. The first-order valence-corrected chi connectivity index (χ1v) is 24.5. The van der Waals surface area contributed by atoms with Gasteiger partial charge in [0.1, 0.15) is 29.8 Å². The molecule has 0 saturated carbocycles. The number of anilines is 2. The van der Waals surface area contributed by atoms with E-state index in [-0.39, 0.29) is 36.0 Å². The predicted molar refractivity (Wildman–Crippen MR) is 263 cm³/mol. The van der Waals surface area contributed by atoms with Gasteiger partial charge in [0.2, 0.25) is 23.6 Å². The van der Waals surface area contributed by atoms with Crippen LogP contribution in [-0.2, 0) is 41.4 Å². The molecule has 6 rings (SSSR count). The maximum Gasteiger partial charge on any atom is 0.420 e. The number of hydrogen-bond donors (Lipinski definition) is 2. The molecule has 71 heavy (non-hydrogen) atoms. The van der Waals surface area contributed by atoms with E-state index in [9.17, 15) is 37.6 Å². The number of unbranched alkanes of at least 4 members (excludes halogenated alkanes) is 1. The van der Waals surface area contributed by atoms with Crippen molar-refractivity contribution in [2.45, 2.75) is 111 Å². The third-order valence-electron chi connectivity index (χ3n) is 12.1. The normalized spacial score (nSPS) is 16.3. The molecule has 380 valence electrons. The molecule has 2 N–H and O–H groups in total. The summed E-state index contributed by atoms with van der Waals surface area (Å²) in [6, 6.07) is 12.7. The van der Waals surface area contributed by atoms with E-state index in [1.54, 1.807) is 35.3 Å². The van der Waals surface area contributed by atoms with Crippen LogP contribution in [-0.4, -0.2) is 101 Å². The maximum atomic E-state index is 15.4. The highest BCUT2D eigenvalue weighted by Gasteiger charge is 2.52. The first-order valence-electron chi connectivity index (χ1n) is 23.2. The quantitative estimate of drug-likeness (QED) is 0.0494. The number of benzene rings is 2. The lowest BCUT2D eigenvalue weighted by Crippen LogP contribution is -2.58. The van der Waals surface area contributed by atoms with Crippen LogP contribution in [0.2, 0.25) is 0 Å². The lowest BCUT2D eigenvalue weighted by Gasteiger charge is -2.35. The summed E-state index contributed by atoms with van der Waals surface area (Å²) in [6.45, 7) is 14.1. The Labute approximate surface area is 419 Å². The molecule has 0 radical (unpaired) electrons. The van der Waals surface area contributed by atoms with Gasteiger partial charge in [0.15, 0.2) is 10.9 Å². The van der Waals surface area contributed by atoms with Crippen molar-refractivity contribution in [1.82, 2.24) is 25.5 Å². The van der Waals surface area contributed by atoms with Crippen LogP contribution in [0.3, 0.4) is 0 Å². The van der Waals surface area contributed by atoms with Crippen LogP contribution in [0.1, 0.15) is 94.8 Å². The van der Waals surface area contributed by atoms with Gasteiger partial charge >= 0.3 is 6.18 Å². The number of nitrogens with zero attached hydrogens (tertiary/aromatic N) is 6. The van der Waals surface area contributed by atoms with Crippen molar-refractivity contribution in [1.29, 1.82) is 5.26 Å². The van der Waals surface area contributed by atoms with Gasteiger partial charge in [0.25, 0.3) is 5.91 Å². The van der Waals surface area contributed by atoms with Crippen molar-refractivity contribution in [2.24, 2.45) is 5.41 Å². The third kappa shape index (κ3) is 12.7. The van der Waals surface area contributed by atoms with Crippen molar-refractivity contribution in [3.8, 4) is 22.4 Å². The van der Waals surface area contributed by atoms with Gasteiger partial charge in [-0.1, -0.05) is 45.0 Å². The van der Waals surface area contributed by atoms with E-state index >= 15 is 4.39 Å². The van der Waals surface area contributed by atoms with E-state index in [4.69, 9.17) is 26.4 Å².